The predicted molar refractivity (Wildman–Crippen MR) is 57.6 cm³/mol. The molecular formula is C11H13NOS. The van der Waals surface area contributed by atoms with Crippen LogP contribution in [0.1, 0.15) is 11.6 Å². The van der Waals surface area contributed by atoms with Crippen molar-refractivity contribution in [3.63, 3.8) is 0 Å². The first-order chi connectivity index (χ1) is 6.93. The zero-order chi connectivity index (χ0) is 9.38. The largest absolute Gasteiger partial charge is 0.378 e. The summed E-state index contributed by atoms with van der Waals surface area (Å²) in [7, 11) is 0. The van der Waals surface area contributed by atoms with Gasteiger partial charge >= 0.3 is 0 Å². The Morgan fingerprint density at radius 3 is 2.93 bits per heavy atom. The highest BCUT2D eigenvalue weighted by atomic mass is 32.2. The molecule has 1 aromatic rings. The number of nitrogens with one attached hydrogen (secondary N) is 1. The smallest absolute Gasteiger partial charge is 0.0643 e. The van der Waals surface area contributed by atoms with Gasteiger partial charge in [0.15, 0.2) is 0 Å². The Kier molecular flexibility index (Phi) is 2.24. The minimum Gasteiger partial charge on any atom is -0.378 e. The molecule has 1 N–H and O–H groups in total. The van der Waals surface area contributed by atoms with Gasteiger partial charge in [0.05, 0.1) is 19.3 Å². The van der Waals surface area contributed by atoms with E-state index in [-0.39, 0.29) is 0 Å². The molecule has 3 heteroatoms. The van der Waals surface area contributed by atoms with Crippen LogP contribution >= 0.6 is 11.8 Å². The van der Waals surface area contributed by atoms with Gasteiger partial charge in [-0.15, -0.1) is 11.8 Å². The minimum atomic E-state index is 0.532. The van der Waals surface area contributed by atoms with Crippen LogP contribution in [0.4, 0.5) is 0 Å². The van der Waals surface area contributed by atoms with E-state index < -0.39 is 0 Å². The summed E-state index contributed by atoms with van der Waals surface area (Å²) in [5.41, 5.74) is 1.46. The average molecular weight is 207 g/mol. The van der Waals surface area contributed by atoms with Crippen LogP contribution < -0.4 is 5.32 Å². The Hall–Kier alpha value is -0.510. The van der Waals surface area contributed by atoms with Crippen molar-refractivity contribution in [2.24, 2.45) is 0 Å². The van der Waals surface area contributed by atoms with E-state index in [4.69, 9.17) is 4.74 Å². The highest BCUT2D eigenvalue weighted by Gasteiger charge is 2.27. The van der Waals surface area contributed by atoms with Crippen molar-refractivity contribution in [1.29, 1.82) is 0 Å². The number of fused-ring (bicyclic) bond motifs is 1. The van der Waals surface area contributed by atoms with Gasteiger partial charge in [-0.3, -0.25) is 0 Å². The Bertz CT molecular complexity index is 338. The topological polar surface area (TPSA) is 21.3 Å². The lowest BCUT2D eigenvalue weighted by Crippen LogP contribution is -2.47. The van der Waals surface area contributed by atoms with Crippen molar-refractivity contribution in [2.45, 2.75) is 17.0 Å². The zero-order valence-corrected chi connectivity index (χ0v) is 8.72. The van der Waals surface area contributed by atoms with Gasteiger partial charge in [-0.05, 0) is 11.6 Å². The lowest BCUT2D eigenvalue weighted by atomic mass is 10.1. The van der Waals surface area contributed by atoms with E-state index >= 15 is 0 Å². The molecule has 0 spiro atoms. The molecule has 2 aliphatic rings. The van der Waals surface area contributed by atoms with Gasteiger partial charge in [-0.1, -0.05) is 18.2 Å². The van der Waals surface area contributed by atoms with Gasteiger partial charge in [-0.25, -0.2) is 0 Å². The molecule has 0 aromatic heterocycles. The zero-order valence-electron chi connectivity index (χ0n) is 7.90. The van der Waals surface area contributed by atoms with E-state index in [9.17, 15) is 0 Å². The third kappa shape index (κ3) is 1.45. The summed E-state index contributed by atoms with van der Waals surface area (Å²) in [5.74, 6) is 1.16. The van der Waals surface area contributed by atoms with E-state index in [1.54, 1.807) is 0 Å². The number of hydrogen-bond acceptors (Lipinski definition) is 3. The molecule has 14 heavy (non-hydrogen) atoms. The number of ether oxygens (including phenoxy) is 1. The minimum absolute atomic E-state index is 0.532. The molecule has 2 nitrogen and oxygen atoms in total. The second-order valence-electron chi connectivity index (χ2n) is 3.80. The van der Waals surface area contributed by atoms with Crippen molar-refractivity contribution >= 4 is 11.8 Å². The predicted octanol–water partition coefficient (Wildman–Crippen LogP) is 1.82. The van der Waals surface area contributed by atoms with Crippen molar-refractivity contribution < 1.29 is 4.74 Å². The first-order valence-corrected chi connectivity index (χ1v) is 5.97. The highest BCUT2D eigenvalue weighted by molar-refractivity contribution is 7.99. The van der Waals surface area contributed by atoms with Gasteiger partial charge < -0.3 is 10.1 Å². The van der Waals surface area contributed by atoms with Crippen molar-refractivity contribution in [3.8, 4) is 0 Å². The van der Waals surface area contributed by atoms with Gasteiger partial charge in [0.1, 0.15) is 0 Å². The molecular weight excluding hydrogens is 194 g/mol. The maximum atomic E-state index is 5.16. The Balaban J connectivity index is 1.76. The highest BCUT2D eigenvalue weighted by Crippen LogP contribution is 2.38. The number of hydrogen-bond donors (Lipinski definition) is 1. The monoisotopic (exact) mass is 207 g/mol. The Labute approximate surface area is 88.0 Å². The molecule has 1 atom stereocenters. The van der Waals surface area contributed by atoms with E-state index in [1.165, 1.54) is 10.5 Å². The van der Waals surface area contributed by atoms with Crippen LogP contribution in [0.5, 0.6) is 0 Å². The van der Waals surface area contributed by atoms with Crippen LogP contribution in [0, 0.1) is 0 Å². The molecule has 0 saturated carbocycles. The molecule has 1 aromatic carbocycles. The van der Waals surface area contributed by atoms with Crippen molar-refractivity contribution in [1.82, 2.24) is 5.32 Å². The summed E-state index contributed by atoms with van der Waals surface area (Å²) in [5, 5.41) is 3.63. The molecule has 0 bridgehead atoms. The van der Waals surface area contributed by atoms with Crippen molar-refractivity contribution in [3.05, 3.63) is 29.8 Å². The summed E-state index contributed by atoms with van der Waals surface area (Å²) >= 11 is 1.95. The standard InChI is InChI=1S/C11H13NOS/c1-2-4-11-9(3-1)10(7-14-11)12-8-5-13-6-8/h1-4,8,10,12H,5-7H2. The molecule has 74 valence electrons. The summed E-state index contributed by atoms with van der Waals surface area (Å²) in [6.45, 7) is 1.76. The molecule has 0 radical (unpaired) electrons. The molecule has 1 saturated heterocycles. The maximum absolute atomic E-state index is 5.16. The third-order valence-electron chi connectivity index (χ3n) is 2.77. The fourth-order valence-corrected chi connectivity index (χ4v) is 3.09. The summed E-state index contributed by atoms with van der Waals surface area (Å²) < 4.78 is 5.16. The molecule has 2 aliphatic heterocycles. The van der Waals surface area contributed by atoms with Crippen LogP contribution in [-0.4, -0.2) is 25.0 Å². The van der Waals surface area contributed by atoms with Crippen LogP contribution in [0.3, 0.4) is 0 Å². The lowest BCUT2D eigenvalue weighted by molar-refractivity contribution is -0.00897. The number of thioether (sulfide) groups is 1. The Morgan fingerprint density at radius 2 is 2.14 bits per heavy atom. The van der Waals surface area contributed by atoms with E-state index in [0.29, 0.717) is 12.1 Å². The molecule has 2 heterocycles. The third-order valence-corrected chi connectivity index (χ3v) is 3.96. The molecule has 0 aliphatic carbocycles. The maximum Gasteiger partial charge on any atom is 0.0643 e. The summed E-state index contributed by atoms with van der Waals surface area (Å²) in [6, 6.07) is 9.78. The summed E-state index contributed by atoms with van der Waals surface area (Å²) in [6.07, 6.45) is 0. The van der Waals surface area contributed by atoms with Crippen LogP contribution in [0.2, 0.25) is 0 Å². The quantitative estimate of drug-likeness (QED) is 0.799. The van der Waals surface area contributed by atoms with Gasteiger partial charge in [0, 0.05) is 16.7 Å². The first-order valence-electron chi connectivity index (χ1n) is 4.99. The average Bonchev–Trinajstić information content (AvgIpc) is 2.55. The Morgan fingerprint density at radius 1 is 1.29 bits per heavy atom. The second kappa shape index (κ2) is 3.57. The molecule has 0 amide bonds. The molecule has 3 rings (SSSR count). The van der Waals surface area contributed by atoms with Crippen LogP contribution in [0.15, 0.2) is 29.2 Å². The SMILES string of the molecule is c1ccc2c(c1)SCC2NC1COC1. The van der Waals surface area contributed by atoms with Crippen LogP contribution in [-0.2, 0) is 4.74 Å². The number of rotatable bonds is 2. The van der Waals surface area contributed by atoms with E-state index in [2.05, 4.69) is 29.6 Å². The molecule has 1 unspecified atom stereocenters. The fraction of sp³-hybridized carbons (Fsp3) is 0.455. The van der Waals surface area contributed by atoms with Crippen LogP contribution in [0.25, 0.3) is 0 Å². The van der Waals surface area contributed by atoms with E-state index in [0.717, 1.165) is 19.0 Å². The molecule has 1 fully saturated rings. The van der Waals surface area contributed by atoms with E-state index in [1.807, 2.05) is 11.8 Å². The normalized spacial score (nSPS) is 25.9. The lowest BCUT2D eigenvalue weighted by Gasteiger charge is -2.30. The van der Waals surface area contributed by atoms with Crippen molar-refractivity contribution in [2.75, 3.05) is 19.0 Å². The van der Waals surface area contributed by atoms with Gasteiger partial charge in [0.2, 0.25) is 0 Å². The van der Waals surface area contributed by atoms with Gasteiger partial charge in [0.25, 0.3) is 0 Å². The second-order valence-corrected chi connectivity index (χ2v) is 4.86. The fourth-order valence-electron chi connectivity index (χ4n) is 1.92. The number of benzene rings is 1. The first kappa shape index (κ1) is 8.77. The van der Waals surface area contributed by atoms with Gasteiger partial charge in [-0.2, -0.15) is 0 Å². The summed E-state index contributed by atoms with van der Waals surface area (Å²) in [4.78, 5) is 1.44.